The van der Waals surface area contributed by atoms with Gasteiger partial charge in [-0.1, -0.05) is 13.3 Å². The molecule has 0 radical (unpaired) electrons. The van der Waals surface area contributed by atoms with Crippen molar-refractivity contribution in [3.8, 4) is 0 Å². The van der Waals surface area contributed by atoms with E-state index in [0.29, 0.717) is 12.0 Å². The maximum atomic E-state index is 7.55. The molecular weight excluding hydrogens is 124 g/mol. The first-order valence-corrected chi connectivity index (χ1v) is 4.05. The minimum atomic E-state index is 0.449. The molecule has 2 unspecified atom stereocenters. The number of hydrogen-bond donors (Lipinski definition) is 2. The van der Waals surface area contributed by atoms with Gasteiger partial charge in [0.25, 0.3) is 0 Å². The fourth-order valence-corrected chi connectivity index (χ4v) is 1.35. The minimum Gasteiger partial charge on any atom is -0.371 e. The maximum absolute atomic E-state index is 7.55. The number of nitrogens with one attached hydrogen (secondary N) is 2. The van der Waals surface area contributed by atoms with Crippen molar-refractivity contribution < 1.29 is 0 Å². The quantitative estimate of drug-likeness (QED) is 0.528. The van der Waals surface area contributed by atoms with E-state index in [-0.39, 0.29) is 0 Å². The van der Waals surface area contributed by atoms with Crippen LogP contribution in [0.25, 0.3) is 0 Å². The first kappa shape index (κ1) is 7.58. The molecule has 1 aliphatic heterocycles. The van der Waals surface area contributed by atoms with Gasteiger partial charge in [-0.3, -0.25) is 5.41 Å². The van der Waals surface area contributed by atoms with E-state index in [1.165, 1.54) is 19.3 Å². The lowest BCUT2D eigenvalue weighted by atomic mass is 10.0. The molecule has 1 rings (SSSR count). The highest BCUT2D eigenvalue weighted by molar-refractivity contribution is 5.81. The molecule has 1 heterocycles. The summed E-state index contributed by atoms with van der Waals surface area (Å²) in [6.45, 7) is 4.26. The Hall–Kier alpha value is -0.530. The van der Waals surface area contributed by atoms with Crippen molar-refractivity contribution in [2.75, 3.05) is 0 Å². The SMILES string of the molecule is CC1CCCC(C)C(=N)N1. The number of amidine groups is 1. The van der Waals surface area contributed by atoms with Gasteiger partial charge in [0, 0.05) is 12.0 Å². The Kier molecular flexibility index (Phi) is 2.30. The van der Waals surface area contributed by atoms with Crippen LogP contribution in [0.2, 0.25) is 0 Å². The molecule has 2 N–H and O–H groups in total. The lowest BCUT2D eigenvalue weighted by Gasteiger charge is -2.12. The van der Waals surface area contributed by atoms with Crippen LogP contribution in [0, 0.1) is 11.3 Å². The molecule has 0 bridgehead atoms. The van der Waals surface area contributed by atoms with Crippen molar-refractivity contribution in [3.05, 3.63) is 0 Å². The van der Waals surface area contributed by atoms with E-state index in [1.807, 2.05) is 0 Å². The predicted molar refractivity (Wildman–Crippen MR) is 43.3 cm³/mol. The molecule has 0 amide bonds. The van der Waals surface area contributed by atoms with Gasteiger partial charge < -0.3 is 5.32 Å². The summed E-state index contributed by atoms with van der Waals surface area (Å²) in [5.41, 5.74) is 0. The Morgan fingerprint density at radius 1 is 1.40 bits per heavy atom. The Labute approximate surface area is 62.5 Å². The van der Waals surface area contributed by atoms with Gasteiger partial charge in [0.1, 0.15) is 0 Å². The van der Waals surface area contributed by atoms with E-state index >= 15 is 0 Å². The lowest BCUT2D eigenvalue weighted by Crippen LogP contribution is -2.32. The smallest absolute Gasteiger partial charge is 0.0962 e. The van der Waals surface area contributed by atoms with Crippen LogP contribution in [0.15, 0.2) is 0 Å². The molecule has 0 aromatic rings. The molecule has 1 aliphatic rings. The maximum Gasteiger partial charge on any atom is 0.0962 e. The van der Waals surface area contributed by atoms with Crippen LogP contribution in [0.1, 0.15) is 33.1 Å². The van der Waals surface area contributed by atoms with Crippen LogP contribution in [-0.4, -0.2) is 11.9 Å². The zero-order valence-electron chi connectivity index (χ0n) is 6.78. The third-order valence-electron chi connectivity index (χ3n) is 2.17. The van der Waals surface area contributed by atoms with Gasteiger partial charge in [-0.05, 0) is 19.8 Å². The van der Waals surface area contributed by atoms with Gasteiger partial charge in [-0.25, -0.2) is 0 Å². The first-order valence-electron chi connectivity index (χ1n) is 4.05. The summed E-state index contributed by atoms with van der Waals surface area (Å²) in [6.07, 6.45) is 3.65. The Morgan fingerprint density at radius 3 is 2.80 bits per heavy atom. The van der Waals surface area contributed by atoms with Crippen molar-refractivity contribution >= 4 is 5.84 Å². The summed E-state index contributed by atoms with van der Waals surface area (Å²) in [5, 5.41) is 10.7. The molecular formula is C8H16N2. The van der Waals surface area contributed by atoms with Crippen LogP contribution >= 0.6 is 0 Å². The van der Waals surface area contributed by atoms with Crippen LogP contribution in [0.4, 0.5) is 0 Å². The van der Waals surface area contributed by atoms with Crippen molar-refractivity contribution in [1.29, 1.82) is 5.41 Å². The highest BCUT2D eigenvalue weighted by atomic mass is 15.0. The zero-order valence-corrected chi connectivity index (χ0v) is 6.78. The highest BCUT2D eigenvalue weighted by Crippen LogP contribution is 2.14. The summed E-state index contributed by atoms with van der Waals surface area (Å²) in [4.78, 5) is 0. The van der Waals surface area contributed by atoms with Crippen molar-refractivity contribution in [1.82, 2.24) is 5.32 Å². The lowest BCUT2D eigenvalue weighted by molar-refractivity contribution is 0.579. The van der Waals surface area contributed by atoms with Crippen LogP contribution in [-0.2, 0) is 0 Å². The van der Waals surface area contributed by atoms with E-state index in [9.17, 15) is 0 Å². The van der Waals surface area contributed by atoms with Crippen molar-refractivity contribution in [2.45, 2.75) is 39.2 Å². The highest BCUT2D eigenvalue weighted by Gasteiger charge is 2.15. The topological polar surface area (TPSA) is 35.9 Å². The second kappa shape index (κ2) is 3.04. The minimum absolute atomic E-state index is 0.449. The molecule has 10 heavy (non-hydrogen) atoms. The molecule has 0 aliphatic carbocycles. The molecule has 0 spiro atoms. The third kappa shape index (κ3) is 1.72. The van der Waals surface area contributed by atoms with Gasteiger partial charge in [0.15, 0.2) is 0 Å². The van der Waals surface area contributed by atoms with Gasteiger partial charge in [0.05, 0.1) is 5.84 Å². The average Bonchev–Trinajstić information content (AvgIpc) is 1.96. The monoisotopic (exact) mass is 140 g/mol. The Balaban J connectivity index is 2.49. The second-order valence-corrected chi connectivity index (χ2v) is 3.29. The van der Waals surface area contributed by atoms with Crippen LogP contribution in [0.5, 0.6) is 0 Å². The van der Waals surface area contributed by atoms with E-state index in [4.69, 9.17) is 5.41 Å². The Morgan fingerprint density at radius 2 is 2.10 bits per heavy atom. The average molecular weight is 140 g/mol. The van der Waals surface area contributed by atoms with Gasteiger partial charge >= 0.3 is 0 Å². The largest absolute Gasteiger partial charge is 0.371 e. The van der Waals surface area contributed by atoms with Gasteiger partial charge in [-0.15, -0.1) is 0 Å². The van der Waals surface area contributed by atoms with Crippen molar-refractivity contribution in [3.63, 3.8) is 0 Å². The van der Waals surface area contributed by atoms with Crippen molar-refractivity contribution in [2.24, 2.45) is 5.92 Å². The summed E-state index contributed by atoms with van der Waals surface area (Å²) in [5.74, 6) is 1.18. The molecule has 0 saturated carbocycles. The fourth-order valence-electron chi connectivity index (χ4n) is 1.35. The standard InChI is InChI=1S/C8H16N2/c1-6-4-3-5-7(2)10-8(6)9/h6-7H,3-5H2,1-2H3,(H2,9,10). The predicted octanol–water partition coefficient (Wildman–Crippen LogP) is 1.76. The summed E-state index contributed by atoms with van der Waals surface area (Å²) in [7, 11) is 0. The third-order valence-corrected chi connectivity index (χ3v) is 2.17. The summed E-state index contributed by atoms with van der Waals surface area (Å²) >= 11 is 0. The normalized spacial score (nSPS) is 34.8. The van der Waals surface area contributed by atoms with Crippen LogP contribution < -0.4 is 5.32 Å². The zero-order chi connectivity index (χ0) is 7.56. The Bertz CT molecular complexity index is 131. The van der Waals surface area contributed by atoms with Gasteiger partial charge in [-0.2, -0.15) is 0 Å². The second-order valence-electron chi connectivity index (χ2n) is 3.29. The number of rotatable bonds is 0. The fraction of sp³-hybridized carbons (Fsp3) is 0.875. The van der Waals surface area contributed by atoms with E-state index < -0.39 is 0 Å². The van der Waals surface area contributed by atoms with E-state index in [1.54, 1.807) is 0 Å². The molecule has 2 nitrogen and oxygen atoms in total. The van der Waals surface area contributed by atoms with E-state index in [2.05, 4.69) is 19.2 Å². The molecule has 1 saturated heterocycles. The van der Waals surface area contributed by atoms with E-state index in [0.717, 1.165) is 5.84 Å². The summed E-state index contributed by atoms with van der Waals surface area (Å²) < 4.78 is 0. The first-order chi connectivity index (χ1) is 4.70. The molecule has 1 fully saturated rings. The molecule has 0 aromatic carbocycles. The molecule has 2 heteroatoms. The van der Waals surface area contributed by atoms with Gasteiger partial charge in [0.2, 0.25) is 0 Å². The molecule has 2 atom stereocenters. The molecule has 58 valence electrons. The molecule has 0 aromatic heterocycles. The van der Waals surface area contributed by atoms with Crippen LogP contribution in [0.3, 0.4) is 0 Å². The summed E-state index contributed by atoms with van der Waals surface area (Å²) in [6, 6.07) is 0.512. The number of hydrogen-bond acceptors (Lipinski definition) is 1.